The number of likely N-dealkylation sites (N-methyl/N-ethyl adjacent to an activating group) is 1. The fourth-order valence-electron chi connectivity index (χ4n) is 4.22. The SMILES string of the molecule is COCCNC(=O)c1ccc(C=CC(=O)NCC(=O)N(C)c2ccc(Cl)c(COc3cccc4ccc(C)nc34)c2Cl)cc1.Cl. The number of hydrogen-bond donors (Lipinski definition) is 2. The molecule has 3 amide bonds. The molecule has 12 heteroatoms. The molecule has 2 N–H and O–H groups in total. The van der Waals surface area contributed by atoms with E-state index in [9.17, 15) is 14.4 Å². The molecule has 236 valence electrons. The number of pyridine rings is 1. The second-order valence-corrected chi connectivity index (χ2v) is 10.6. The Morgan fingerprint density at radius 2 is 1.73 bits per heavy atom. The van der Waals surface area contributed by atoms with E-state index in [1.54, 1.807) is 56.6 Å². The molecule has 4 rings (SSSR count). The number of fused-ring (bicyclic) bond motifs is 1. The van der Waals surface area contributed by atoms with E-state index < -0.39 is 5.91 Å². The van der Waals surface area contributed by atoms with Crippen LogP contribution in [0, 0.1) is 6.92 Å². The molecular weight excluding hydrogens is 639 g/mol. The van der Waals surface area contributed by atoms with Gasteiger partial charge in [-0.3, -0.25) is 14.4 Å². The van der Waals surface area contributed by atoms with E-state index in [4.69, 9.17) is 32.7 Å². The van der Waals surface area contributed by atoms with Crippen molar-refractivity contribution in [3.8, 4) is 5.75 Å². The smallest absolute Gasteiger partial charge is 0.251 e. The first kappa shape index (κ1) is 35.3. The summed E-state index contributed by atoms with van der Waals surface area (Å²) in [6.07, 6.45) is 2.90. The molecule has 9 nitrogen and oxygen atoms in total. The van der Waals surface area contributed by atoms with Gasteiger partial charge in [0.1, 0.15) is 17.9 Å². The number of methoxy groups -OCH3 is 1. The second kappa shape index (κ2) is 16.8. The van der Waals surface area contributed by atoms with Crippen molar-refractivity contribution in [2.75, 3.05) is 38.8 Å². The quantitative estimate of drug-likeness (QED) is 0.141. The molecule has 0 unspecified atom stereocenters. The maximum Gasteiger partial charge on any atom is 0.251 e. The van der Waals surface area contributed by atoms with E-state index in [2.05, 4.69) is 15.6 Å². The zero-order valence-corrected chi connectivity index (χ0v) is 27.3. The van der Waals surface area contributed by atoms with Gasteiger partial charge in [0, 0.05) is 54.0 Å². The summed E-state index contributed by atoms with van der Waals surface area (Å²) in [5.74, 6) is -0.470. The minimum Gasteiger partial charge on any atom is -0.487 e. The zero-order valence-electron chi connectivity index (χ0n) is 24.9. The van der Waals surface area contributed by atoms with Crippen LogP contribution in [0.5, 0.6) is 5.75 Å². The molecule has 0 aliphatic carbocycles. The first-order valence-electron chi connectivity index (χ1n) is 13.7. The lowest BCUT2D eigenvalue weighted by Gasteiger charge is -2.21. The van der Waals surface area contributed by atoms with Crippen LogP contribution in [0.2, 0.25) is 10.0 Å². The number of benzene rings is 3. The van der Waals surface area contributed by atoms with Crippen molar-refractivity contribution in [2.24, 2.45) is 0 Å². The average Bonchev–Trinajstić information content (AvgIpc) is 3.02. The number of aromatic nitrogens is 1. The van der Waals surface area contributed by atoms with Crippen LogP contribution in [0.4, 0.5) is 5.69 Å². The number of carbonyl (C=O) groups is 3. The third-order valence-corrected chi connectivity index (χ3v) is 7.48. The molecule has 0 aliphatic heterocycles. The Hall–Kier alpha value is -4.15. The van der Waals surface area contributed by atoms with Gasteiger partial charge in [-0.25, -0.2) is 4.98 Å². The predicted molar refractivity (Wildman–Crippen MR) is 181 cm³/mol. The number of amides is 3. The van der Waals surface area contributed by atoms with Gasteiger partial charge in [-0.05, 0) is 55.0 Å². The number of para-hydroxylation sites is 1. The van der Waals surface area contributed by atoms with Crippen molar-refractivity contribution < 1.29 is 23.9 Å². The summed E-state index contributed by atoms with van der Waals surface area (Å²) in [6.45, 7) is 2.55. The largest absolute Gasteiger partial charge is 0.487 e. The van der Waals surface area contributed by atoms with Gasteiger partial charge in [0.2, 0.25) is 11.8 Å². The van der Waals surface area contributed by atoms with Crippen LogP contribution in [0.25, 0.3) is 17.0 Å². The Morgan fingerprint density at radius 1 is 0.978 bits per heavy atom. The summed E-state index contributed by atoms with van der Waals surface area (Å²) in [4.78, 5) is 43.4. The Bertz CT molecular complexity index is 1700. The highest BCUT2D eigenvalue weighted by molar-refractivity contribution is 6.38. The maximum absolute atomic E-state index is 12.9. The third-order valence-electron chi connectivity index (χ3n) is 6.70. The normalized spacial score (nSPS) is 10.8. The number of nitrogens with one attached hydrogen (secondary N) is 2. The summed E-state index contributed by atoms with van der Waals surface area (Å²) in [6, 6.07) is 19.6. The lowest BCUT2D eigenvalue weighted by molar-refractivity contribution is -0.122. The molecule has 0 radical (unpaired) electrons. The van der Waals surface area contributed by atoms with Crippen molar-refractivity contribution in [1.29, 1.82) is 0 Å². The number of halogens is 3. The van der Waals surface area contributed by atoms with E-state index in [1.165, 1.54) is 11.0 Å². The number of rotatable bonds is 12. The first-order valence-corrected chi connectivity index (χ1v) is 14.5. The van der Waals surface area contributed by atoms with Gasteiger partial charge in [-0.15, -0.1) is 12.4 Å². The van der Waals surface area contributed by atoms with Crippen LogP contribution in [0.1, 0.15) is 27.2 Å². The van der Waals surface area contributed by atoms with Crippen LogP contribution in [-0.2, 0) is 20.9 Å². The highest BCUT2D eigenvalue weighted by atomic mass is 35.5. The fraction of sp³-hybridized carbons (Fsp3) is 0.212. The molecule has 0 bridgehead atoms. The Labute approximate surface area is 277 Å². The van der Waals surface area contributed by atoms with Crippen LogP contribution >= 0.6 is 35.6 Å². The van der Waals surface area contributed by atoms with Gasteiger partial charge in [0.15, 0.2) is 0 Å². The van der Waals surface area contributed by atoms with Gasteiger partial charge < -0.3 is 25.0 Å². The van der Waals surface area contributed by atoms with Crippen molar-refractivity contribution in [3.05, 3.63) is 105 Å². The number of nitrogens with zero attached hydrogens (tertiary/aromatic N) is 2. The van der Waals surface area contributed by atoms with Crippen molar-refractivity contribution in [2.45, 2.75) is 13.5 Å². The lowest BCUT2D eigenvalue weighted by atomic mass is 10.1. The molecule has 45 heavy (non-hydrogen) atoms. The van der Waals surface area contributed by atoms with Crippen LogP contribution in [0.3, 0.4) is 0 Å². The molecule has 1 heterocycles. The molecular formula is C33H33Cl3N4O5. The lowest BCUT2D eigenvalue weighted by Crippen LogP contribution is -2.37. The van der Waals surface area contributed by atoms with Gasteiger partial charge in [0.05, 0.1) is 23.9 Å². The second-order valence-electron chi connectivity index (χ2n) is 9.80. The molecule has 0 atom stereocenters. The summed E-state index contributed by atoms with van der Waals surface area (Å²) >= 11 is 13.2. The van der Waals surface area contributed by atoms with Gasteiger partial charge >= 0.3 is 0 Å². The Morgan fingerprint density at radius 3 is 2.47 bits per heavy atom. The molecule has 0 saturated carbocycles. The van der Waals surface area contributed by atoms with E-state index in [-0.39, 0.29) is 42.4 Å². The van der Waals surface area contributed by atoms with Gasteiger partial charge in [0.25, 0.3) is 5.91 Å². The highest BCUT2D eigenvalue weighted by Crippen LogP contribution is 2.35. The molecule has 3 aromatic carbocycles. The summed E-state index contributed by atoms with van der Waals surface area (Å²) in [7, 11) is 3.13. The first-order chi connectivity index (χ1) is 21.2. The monoisotopic (exact) mass is 670 g/mol. The zero-order chi connectivity index (χ0) is 31.6. The van der Waals surface area contributed by atoms with Crippen LogP contribution in [-0.4, -0.2) is 56.6 Å². The number of aryl methyl sites for hydroxylation is 1. The highest BCUT2D eigenvalue weighted by Gasteiger charge is 2.19. The predicted octanol–water partition coefficient (Wildman–Crippen LogP) is 6.02. The molecule has 0 saturated heterocycles. The van der Waals surface area contributed by atoms with E-state index in [0.29, 0.717) is 46.3 Å². The van der Waals surface area contributed by atoms with Crippen molar-refractivity contribution in [1.82, 2.24) is 15.6 Å². The fourth-order valence-corrected chi connectivity index (χ4v) is 4.83. The number of carbonyl (C=O) groups excluding carboxylic acids is 3. The maximum atomic E-state index is 12.9. The minimum absolute atomic E-state index is 0. The minimum atomic E-state index is -0.455. The Kier molecular flexibility index (Phi) is 13.2. The number of hydrogen-bond acceptors (Lipinski definition) is 6. The summed E-state index contributed by atoms with van der Waals surface area (Å²) in [5.41, 5.74) is 3.74. The standard InChI is InChI=1S/C33H32Cl2N4O5.ClH/c1-21-7-11-23-5-4-6-28(32(23)38-21)44-20-25-26(34)14-15-27(31(25)35)39(2)30(41)19-37-29(40)16-10-22-8-12-24(13-9-22)33(42)36-17-18-43-3;/h4-16H,17-20H2,1-3H3,(H,36,42)(H,37,40);1H. The van der Waals surface area contributed by atoms with Crippen molar-refractivity contribution in [3.63, 3.8) is 0 Å². The van der Waals surface area contributed by atoms with E-state index in [1.807, 2.05) is 37.3 Å². The van der Waals surface area contributed by atoms with E-state index >= 15 is 0 Å². The van der Waals surface area contributed by atoms with Crippen LogP contribution < -0.4 is 20.3 Å². The molecule has 1 aromatic heterocycles. The van der Waals surface area contributed by atoms with E-state index in [0.717, 1.165) is 16.6 Å². The Balaban J connectivity index is 0.00000552. The summed E-state index contributed by atoms with van der Waals surface area (Å²) in [5, 5.41) is 6.92. The molecule has 0 spiro atoms. The third kappa shape index (κ3) is 9.42. The molecule has 0 aliphatic rings. The van der Waals surface area contributed by atoms with Gasteiger partial charge in [-0.1, -0.05) is 53.5 Å². The average molecular weight is 672 g/mol. The topological polar surface area (TPSA) is 110 Å². The number of anilines is 1. The van der Waals surface area contributed by atoms with Crippen molar-refractivity contribution >= 4 is 76.0 Å². The van der Waals surface area contributed by atoms with Crippen LogP contribution in [0.15, 0.2) is 72.8 Å². The number of ether oxygens (including phenoxy) is 2. The molecule has 4 aromatic rings. The summed E-state index contributed by atoms with van der Waals surface area (Å²) < 4.78 is 11.0. The molecule has 0 fully saturated rings. The van der Waals surface area contributed by atoms with Gasteiger partial charge in [-0.2, -0.15) is 0 Å².